The van der Waals surface area contributed by atoms with Gasteiger partial charge >= 0.3 is 11.9 Å². The predicted octanol–water partition coefficient (Wildman–Crippen LogP) is 3.92. The molecule has 2 fully saturated rings. The summed E-state index contributed by atoms with van der Waals surface area (Å²) < 4.78 is 28.9. The lowest BCUT2D eigenvalue weighted by Crippen LogP contribution is -2.53. The van der Waals surface area contributed by atoms with Gasteiger partial charge in [-0.05, 0) is 31.2 Å². The standard InChI is InChI=1S/C24H34O7/c1-18(25)29-22-11-12-24(28-17-22)15-23(30-19(2)26)14-21(31-24)10-6-7-13-27-16-20-8-4-3-5-9-20/h3-5,8-9,21-23H,6-7,10-17H2,1-2H3/t21-,22-,23-,24+/m0/s1. The van der Waals surface area contributed by atoms with E-state index in [0.29, 0.717) is 45.5 Å². The summed E-state index contributed by atoms with van der Waals surface area (Å²) in [5.74, 6) is -1.37. The molecule has 0 saturated carbocycles. The van der Waals surface area contributed by atoms with Crippen LogP contribution in [0, 0.1) is 0 Å². The molecule has 4 atom stereocenters. The Morgan fingerprint density at radius 1 is 1.06 bits per heavy atom. The van der Waals surface area contributed by atoms with Gasteiger partial charge in [-0.3, -0.25) is 9.59 Å². The summed E-state index contributed by atoms with van der Waals surface area (Å²) in [5, 5.41) is 0. The summed E-state index contributed by atoms with van der Waals surface area (Å²) in [5.41, 5.74) is 1.17. The minimum atomic E-state index is -0.774. The molecule has 172 valence electrons. The zero-order valence-corrected chi connectivity index (χ0v) is 18.5. The first-order valence-electron chi connectivity index (χ1n) is 11.2. The maximum atomic E-state index is 11.5. The highest BCUT2D eigenvalue weighted by molar-refractivity contribution is 5.66. The molecule has 2 aliphatic heterocycles. The molecule has 1 spiro atoms. The molecule has 2 aliphatic rings. The van der Waals surface area contributed by atoms with Crippen LogP contribution in [0.4, 0.5) is 0 Å². The van der Waals surface area contributed by atoms with Crippen molar-refractivity contribution in [3.05, 3.63) is 35.9 Å². The predicted molar refractivity (Wildman–Crippen MR) is 113 cm³/mol. The molecule has 3 rings (SSSR count). The minimum Gasteiger partial charge on any atom is -0.462 e. The lowest BCUT2D eigenvalue weighted by Gasteiger charge is -2.47. The third kappa shape index (κ3) is 7.91. The molecule has 0 aromatic heterocycles. The number of unbranched alkanes of at least 4 members (excludes halogenated alkanes) is 1. The normalized spacial score (nSPS) is 28.3. The monoisotopic (exact) mass is 434 g/mol. The van der Waals surface area contributed by atoms with Crippen molar-refractivity contribution in [1.29, 1.82) is 0 Å². The van der Waals surface area contributed by atoms with Crippen LogP contribution in [0.1, 0.15) is 64.4 Å². The van der Waals surface area contributed by atoms with Gasteiger partial charge in [0.15, 0.2) is 5.79 Å². The summed E-state index contributed by atoms with van der Waals surface area (Å²) in [6, 6.07) is 10.1. The van der Waals surface area contributed by atoms with Crippen molar-refractivity contribution in [1.82, 2.24) is 0 Å². The molecule has 0 radical (unpaired) electrons. The highest BCUT2D eigenvalue weighted by Crippen LogP contribution is 2.40. The van der Waals surface area contributed by atoms with E-state index in [1.807, 2.05) is 18.2 Å². The highest BCUT2D eigenvalue weighted by atomic mass is 16.7. The smallest absolute Gasteiger partial charge is 0.302 e. The number of rotatable bonds is 9. The number of esters is 2. The second kappa shape index (κ2) is 11.6. The highest BCUT2D eigenvalue weighted by Gasteiger charge is 2.46. The second-order valence-corrected chi connectivity index (χ2v) is 8.44. The van der Waals surface area contributed by atoms with E-state index in [2.05, 4.69) is 12.1 Å². The van der Waals surface area contributed by atoms with Gasteiger partial charge in [-0.15, -0.1) is 0 Å². The average Bonchev–Trinajstić information content (AvgIpc) is 2.72. The Hall–Kier alpha value is -1.96. The van der Waals surface area contributed by atoms with Crippen molar-refractivity contribution in [2.75, 3.05) is 13.2 Å². The van der Waals surface area contributed by atoms with E-state index in [4.69, 9.17) is 23.7 Å². The Labute approximate surface area is 184 Å². The third-order valence-corrected chi connectivity index (χ3v) is 5.67. The molecule has 0 aliphatic carbocycles. The summed E-state index contributed by atoms with van der Waals surface area (Å²) in [7, 11) is 0. The van der Waals surface area contributed by atoms with Gasteiger partial charge in [-0.2, -0.15) is 0 Å². The first kappa shape index (κ1) is 23.7. The van der Waals surface area contributed by atoms with E-state index in [1.54, 1.807) is 0 Å². The summed E-state index contributed by atoms with van der Waals surface area (Å²) >= 11 is 0. The minimum absolute atomic E-state index is 0.0440. The number of benzene rings is 1. The molecule has 7 nitrogen and oxygen atoms in total. The maximum absolute atomic E-state index is 11.5. The van der Waals surface area contributed by atoms with Crippen molar-refractivity contribution in [3.63, 3.8) is 0 Å². The zero-order valence-electron chi connectivity index (χ0n) is 18.5. The van der Waals surface area contributed by atoms with E-state index in [1.165, 1.54) is 19.4 Å². The average molecular weight is 435 g/mol. The number of hydrogen-bond donors (Lipinski definition) is 0. The Morgan fingerprint density at radius 3 is 2.48 bits per heavy atom. The number of carbonyl (C=O) groups is 2. The van der Waals surface area contributed by atoms with Gasteiger partial charge in [0.25, 0.3) is 0 Å². The lowest BCUT2D eigenvalue weighted by atomic mass is 9.90. The molecule has 0 unspecified atom stereocenters. The van der Waals surface area contributed by atoms with Crippen LogP contribution in [0.3, 0.4) is 0 Å². The van der Waals surface area contributed by atoms with Gasteiger partial charge in [0.2, 0.25) is 0 Å². The molecular weight excluding hydrogens is 400 g/mol. The number of ether oxygens (including phenoxy) is 5. The summed E-state index contributed by atoms with van der Waals surface area (Å²) in [4.78, 5) is 22.7. The van der Waals surface area contributed by atoms with Gasteiger partial charge in [-0.25, -0.2) is 0 Å². The van der Waals surface area contributed by atoms with Crippen LogP contribution in [0.2, 0.25) is 0 Å². The van der Waals surface area contributed by atoms with Crippen LogP contribution >= 0.6 is 0 Å². The summed E-state index contributed by atoms with van der Waals surface area (Å²) in [6.45, 7) is 4.44. The summed E-state index contributed by atoms with van der Waals surface area (Å²) in [6.07, 6.45) is 4.69. The molecule has 0 N–H and O–H groups in total. The third-order valence-electron chi connectivity index (χ3n) is 5.67. The Balaban J connectivity index is 1.44. The molecule has 7 heteroatoms. The molecule has 1 aromatic carbocycles. The lowest BCUT2D eigenvalue weighted by molar-refractivity contribution is -0.321. The van der Waals surface area contributed by atoms with Crippen LogP contribution in [0.25, 0.3) is 0 Å². The first-order valence-corrected chi connectivity index (χ1v) is 11.2. The fraction of sp³-hybridized carbons (Fsp3) is 0.667. The van der Waals surface area contributed by atoms with Crippen LogP contribution < -0.4 is 0 Å². The van der Waals surface area contributed by atoms with E-state index in [-0.39, 0.29) is 30.3 Å². The Bertz CT molecular complexity index is 697. The Kier molecular flexibility index (Phi) is 8.87. The van der Waals surface area contributed by atoms with Gasteiger partial charge in [0.05, 0.1) is 19.3 Å². The van der Waals surface area contributed by atoms with Crippen molar-refractivity contribution in [3.8, 4) is 0 Å². The van der Waals surface area contributed by atoms with Crippen LogP contribution in [-0.4, -0.2) is 49.3 Å². The fourth-order valence-corrected chi connectivity index (χ4v) is 4.33. The second-order valence-electron chi connectivity index (χ2n) is 8.44. The topological polar surface area (TPSA) is 80.3 Å². The van der Waals surface area contributed by atoms with Crippen molar-refractivity contribution < 1.29 is 33.3 Å². The van der Waals surface area contributed by atoms with Gasteiger partial charge in [0, 0.05) is 39.7 Å². The fourth-order valence-electron chi connectivity index (χ4n) is 4.33. The van der Waals surface area contributed by atoms with E-state index in [0.717, 1.165) is 19.3 Å². The SMILES string of the molecule is CC(=O)O[C@H]1CC[C@@]2(C[C@@H](OC(C)=O)C[C@H](CCCCOCc3ccccc3)O2)OC1. The zero-order chi connectivity index (χ0) is 22.1. The molecule has 0 amide bonds. The van der Waals surface area contributed by atoms with E-state index < -0.39 is 5.79 Å². The molecule has 31 heavy (non-hydrogen) atoms. The van der Waals surface area contributed by atoms with Crippen molar-refractivity contribution >= 4 is 11.9 Å². The maximum Gasteiger partial charge on any atom is 0.302 e. The molecular formula is C24H34O7. The van der Waals surface area contributed by atoms with E-state index in [9.17, 15) is 9.59 Å². The Morgan fingerprint density at radius 2 is 1.81 bits per heavy atom. The van der Waals surface area contributed by atoms with Crippen LogP contribution in [0.15, 0.2) is 30.3 Å². The largest absolute Gasteiger partial charge is 0.462 e. The van der Waals surface area contributed by atoms with Gasteiger partial charge < -0.3 is 23.7 Å². The molecule has 0 bridgehead atoms. The van der Waals surface area contributed by atoms with Crippen molar-refractivity contribution in [2.45, 2.75) is 89.5 Å². The number of carbonyl (C=O) groups excluding carboxylic acids is 2. The van der Waals surface area contributed by atoms with E-state index >= 15 is 0 Å². The molecule has 2 heterocycles. The molecule has 1 aromatic rings. The first-order chi connectivity index (χ1) is 14.9. The van der Waals surface area contributed by atoms with Gasteiger partial charge in [0.1, 0.15) is 12.2 Å². The van der Waals surface area contributed by atoms with Crippen molar-refractivity contribution in [2.24, 2.45) is 0 Å². The molecule has 2 saturated heterocycles. The van der Waals surface area contributed by atoms with Crippen LogP contribution in [0.5, 0.6) is 0 Å². The van der Waals surface area contributed by atoms with Crippen LogP contribution in [-0.2, 0) is 39.9 Å². The number of hydrogen-bond acceptors (Lipinski definition) is 7. The quantitative estimate of drug-likeness (QED) is 0.430. The van der Waals surface area contributed by atoms with Gasteiger partial charge in [-0.1, -0.05) is 30.3 Å².